The fourth-order valence-electron chi connectivity index (χ4n) is 3.32. The highest BCUT2D eigenvalue weighted by molar-refractivity contribution is 5.50. The first-order chi connectivity index (χ1) is 18.9. The van der Waals surface area contributed by atoms with Gasteiger partial charge >= 0.3 is 0 Å². The van der Waals surface area contributed by atoms with Gasteiger partial charge in [-0.25, -0.2) is 17.6 Å². The SMILES string of the molecule is C=C1Cc2cc(F)c(F)c(F)c2O/C1=C(\F)C(=C)C(C)COC(C)CC.CCOc1ccc(OC)cc1F.CF. The molecule has 0 bridgehead atoms. The van der Waals surface area contributed by atoms with E-state index in [1.54, 1.807) is 19.1 Å². The summed E-state index contributed by atoms with van der Waals surface area (Å²) in [6.07, 6.45) is 0.790. The zero-order chi connectivity index (χ0) is 30.6. The zero-order valence-electron chi connectivity index (χ0n) is 23.6. The van der Waals surface area contributed by atoms with Crippen LogP contribution >= 0.6 is 0 Å². The third kappa shape index (κ3) is 9.08. The van der Waals surface area contributed by atoms with E-state index < -0.39 is 34.8 Å². The maximum Gasteiger partial charge on any atom is 0.204 e. The lowest BCUT2D eigenvalue weighted by Crippen LogP contribution is -2.18. The van der Waals surface area contributed by atoms with E-state index in [1.807, 2.05) is 20.8 Å². The molecular formula is C30H36F6O4. The van der Waals surface area contributed by atoms with Gasteiger partial charge in [0.25, 0.3) is 0 Å². The molecular weight excluding hydrogens is 538 g/mol. The Kier molecular flexibility index (Phi) is 14.4. The molecule has 1 heterocycles. The summed E-state index contributed by atoms with van der Waals surface area (Å²) in [7, 11) is 2.00. The Bertz CT molecular complexity index is 1200. The number of alkyl halides is 1. The molecule has 10 heteroatoms. The minimum absolute atomic E-state index is 0.0284. The molecule has 40 heavy (non-hydrogen) atoms. The van der Waals surface area contributed by atoms with Gasteiger partial charge in [0.15, 0.2) is 40.5 Å². The molecule has 3 rings (SSSR count). The van der Waals surface area contributed by atoms with Crippen LogP contribution in [0.1, 0.15) is 39.7 Å². The topological polar surface area (TPSA) is 36.9 Å². The minimum atomic E-state index is -1.66. The van der Waals surface area contributed by atoms with Crippen molar-refractivity contribution in [2.75, 3.05) is 27.5 Å². The van der Waals surface area contributed by atoms with E-state index in [0.29, 0.717) is 19.5 Å². The molecule has 1 aliphatic heterocycles. The third-order valence-electron chi connectivity index (χ3n) is 5.84. The molecule has 0 fully saturated rings. The average Bonchev–Trinajstić information content (AvgIpc) is 2.96. The van der Waals surface area contributed by atoms with Gasteiger partial charge in [0.05, 0.1) is 33.6 Å². The maximum absolute atomic E-state index is 14.8. The predicted molar refractivity (Wildman–Crippen MR) is 143 cm³/mol. The normalized spacial score (nSPS) is 14.8. The van der Waals surface area contributed by atoms with Gasteiger partial charge in [0.2, 0.25) is 5.82 Å². The Morgan fingerprint density at radius 3 is 2.23 bits per heavy atom. The van der Waals surface area contributed by atoms with E-state index in [9.17, 15) is 26.3 Å². The standard InChI is InChI=1S/C20H22F4O2.C9H11FO2.CH3F/c1-6-12(4)25-9-11(3)13(5)16(22)19-10(2)7-14-8-15(21)17(23)18(24)20(14)26-19;1-3-12-9-5-4-7(11-2)6-8(9)10;1-2/h8,11-12H,2,5-7,9H2,1,3-4H3;4-6H,3H2,1-2H3;1H3/b19-16-;;. The van der Waals surface area contributed by atoms with Gasteiger partial charge < -0.3 is 18.9 Å². The van der Waals surface area contributed by atoms with Crippen molar-refractivity contribution in [3.05, 3.63) is 89.0 Å². The van der Waals surface area contributed by atoms with Crippen LogP contribution in [0.25, 0.3) is 0 Å². The second kappa shape index (κ2) is 16.6. The highest BCUT2D eigenvalue weighted by Crippen LogP contribution is 2.39. The molecule has 222 valence electrons. The van der Waals surface area contributed by atoms with Crippen LogP contribution < -0.4 is 14.2 Å². The summed E-state index contributed by atoms with van der Waals surface area (Å²) < 4.78 is 98.7. The van der Waals surface area contributed by atoms with Crippen molar-refractivity contribution in [3.8, 4) is 17.2 Å². The lowest BCUT2D eigenvalue weighted by atomic mass is 9.96. The summed E-state index contributed by atoms with van der Waals surface area (Å²) in [5, 5.41) is 0. The smallest absolute Gasteiger partial charge is 0.204 e. The predicted octanol–water partition coefficient (Wildman–Crippen LogP) is 8.60. The van der Waals surface area contributed by atoms with Gasteiger partial charge in [-0.1, -0.05) is 27.0 Å². The summed E-state index contributed by atoms with van der Waals surface area (Å²) >= 11 is 0. The van der Waals surface area contributed by atoms with Gasteiger partial charge in [-0.3, -0.25) is 4.39 Å². The van der Waals surface area contributed by atoms with Crippen molar-refractivity contribution < 1.29 is 45.3 Å². The van der Waals surface area contributed by atoms with Crippen LogP contribution in [0.2, 0.25) is 0 Å². The fraction of sp³-hybridized carbons (Fsp3) is 0.400. The van der Waals surface area contributed by atoms with Crippen LogP contribution in [-0.4, -0.2) is 33.6 Å². The van der Waals surface area contributed by atoms with E-state index >= 15 is 0 Å². The van der Waals surface area contributed by atoms with Crippen LogP contribution in [0.3, 0.4) is 0 Å². The number of ether oxygens (including phenoxy) is 4. The van der Waals surface area contributed by atoms with Crippen molar-refractivity contribution >= 4 is 0 Å². The van der Waals surface area contributed by atoms with Crippen LogP contribution in [0.4, 0.5) is 26.3 Å². The summed E-state index contributed by atoms with van der Waals surface area (Å²) in [4.78, 5) is 0. The van der Waals surface area contributed by atoms with Crippen molar-refractivity contribution in [3.63, 3.8) is 0 Å². The van der Waals surface area contributed by atoms with Gasteiger partial charge in [0.1, 0.15) is 5.75 Å². The second-order valence-corrected chi connectivity index (χ2v) is 8.71. The number of methoxy groups -OCH3 is 1. The summed E-state index contributed by atoms with van der Waals surface area (Å²) in [6, 6.07) is 5.34. The number of allylic oxidation sites excluding steroid dienone is 2. The van der Waals surface area contributed by atoms with Crippen LogP contribution in [-0.2, 0) is 11.2 Å². The van der Waals surface area contributed by atoms with Crippen molar-refractivity contribution in [2.45, 2.75) is 46.6 Å². The Morgan fingerprint density at radius 2 is 1.68 bits per heavy atom. The quantitative estimate of drug-likeness (QED) is 0.222. The maximum atomic E-state index is 14.8. The Morgan fingerprint density at radius 1 is 1.02 bits per heavy atom. The van der Waals surface area contributed by atoms with E-state index in [2.05, 4.69) is 13.2 Å². The first-order valence-electron chi connectivity index (χ1n) is 12.5. The lowest BCUT2D eigenvalue weighted by Gasteiger charge is -2.24. The number of fused-ring (bicyclic) bond motifs is 1. The molecule has 0 spiro atoms. The first kappa shape index (κ1) is 34.6. The van der Waals surface area contributed by atoms with Crippen LogP contribution in [0.5, 0.6) is 17.2 Å². The van der Waals surface area contributed by atoms with E-state index in [1.165, 1.54) is 13.2 Å². The van der Waals surface area contributed by atoms with Crippen LogP contribution in [0.15, 0.2) is 60.2 Å². The zero-order valence-corrected chi connectivity index (χ0v) is 23.6. The Hall–Kier alpha value is -3.40. The van der Waals surface area contributed by atoms with Crippen molar-refractivity contribution in [1.29, 1.82) is 0 Å². The molecule has 0 aliphatic carbocycles. The van der Waals surface area contributed by atoms with Gasteiger partial charge in [0, 0.05) is 24.0 Å². The summed E-state index contributed by atoms with van der Waals surface area (Å²) in [5.74, 6) is -6.12. The van der Waals surface area contributed by atoms with Crippen molar-refractivity contribution in [2.24, 2.45) is 5.92 Å². The monoisotopic (exact) mass is 574 g/mol. The number of rotatable bonds is 9. The number of hydrogen-bond donors (Lipinski definition) is 0. The third-order valence-corrected chi connectivity index (χ3v) is 5.84. The first-order valence-corrected chi connectivity index (χ1v) is 12.5. The van der Waals surface area contributed by atoms with E-state index in [0.717, 1.165) is 12.5 Å². The summed E-state index contributed by atoms with van der Waals surface area (Å²) in [5.41, 5.74) is 0.370. The highest BCUT2D eigenvalue weighted by atomic mass is 19.2. The molecule has 2 atom stereocenters. The molecule has 0 aromatic heterocycles. The summed E-state index contributed by atoms with van der Waals surface area (Å²) in [6.45, 7) is 15.6. The van der Waals surface area contributed by atoms with E-state index in [-0.39, 0.29) is 53.3 Å². The second-order valence-electron chi connectivity index (χ2n) is 8.71. The molecule has 2 unspecified atom stereocenters. The molecule has 4 nitrogen and oxygen atoms in total. The molecule has 0 saturated carbocycles. The van der Waals surface area contributed by atoms with Crippen molar-refractivity contribution in [1.82, 2.24) is 0 Å². The van der Waals surface area contributed by atoms with Gasteiger partial charge in [-0.05, 0) is 49.6 Å². The molecule has 0 saturated heterocycles. The van der Waals surface area contributed by atoms with Gasteiger partial charge in [-0.2, -0.15) is 4.39 Å². The molecule has 2 aromatic rings. The number of halogens is 6. The molecule has 0 amide bonds. The van der Waals surface area contributed by atoms with Gasteiger partial charge in [-0.15, -0.1) is 0 Å². The lowest BCUT2D eigenvalue weighted by molar-refractivity contribution is 0.0485. The number of hydrogen-bond acceptors (Lipinski definition) is 4. The van der Waals surface area contributed by atoms with Crippen LogP contribution in [0, 0.1) is 29.2 Å². The largest absolute Gasteiger partial charge is 0.497 e. The molecule has 1 aliphatic rings. The number of benzene rings is 2. The van der Waals surface area contributed by atoms with E-state index in [4.69, 9.17) is 18.9 Å². The highest BCUT2D eigenvalue weighted by Gasteiger charge is 2.30. The molecule has 2 aromatic carbocycles. The molecule has 0 N–H and O–H groups in total. The minimum Gasteiger partial charge on any atom is -0.497 e. The molecule has 0 radical (unpaired) electrons. The Balaban J connectivity index is 0.000000477. The Labute approximate surface area is 231 Å². The fourth-order valence-corrected chi connectivity index (χ4v) is 3.32. The average molecular weight is 575 g/mol.